The number of carbonyl (C=O) groups excluding carboxylic acids is 1. The summed E-state index contributed by atoms with van der Waals surface area (Å²) in [6.45, 7) is 5.10. The van der Waals surface area contributed by atoms with E-state index in [-0.39, 0.29) is 17.9 Å². The number of amides is 1. The Hall–Kier alpha value is -1.35. The van der Waals surface area contributed by atoms with Gasteiger partial charge in [0.25, 0.3) is 0 Å². The van der Waals surface area contributed by atoms with Crippen LogP contribution in [0.3, 0.4) is 0 Å². The van der Waals surface area contributed by atoms with E-state index in [4.69, 9.17) is 5.73 Å². The Morgan fingerprint density at radius 3 is 2.53 bits per heavy atom. The molecule has 0 saturated heterocycles. The summed E-state index contributed by atoms with van der Waals surface area (Å²) in [5.74, 6) is -0.156. The van der Waals surface area contributed by atoms with Crippen LogP contribution in [0.25, 0.3) is 0 Å². The zero-order valence-electron chi connectivity index (χ0n) is 11.9. The van der Waals surface area contributed by atoms with Crippen LogP contribution in [-0.4, -0.2) is 11.9 Å². The molecule has 0 spiro atoms. The summed E-state index contributed by atoms with van der Waals surface area (Å²) in [5.41, 5.74) is 9.46. The summed E-state index contributed by atoms with van der Waals surface area (Å²) in [6.07, 6.45) is 4.29. The van der Waals surface area contributed by atoms with Crippen LogP contribution in [0.4, 0.5) is 0 Å². The Labute approximate surface area is 115 Å². The number of hydrogen-bond donors (Lipinski definition) is 2. The second-order valence-electron chi connectivity index (χ2n) is 5.65. The summed E-state index contributed by atoms with van der Waals surface area (Å²) in [7, 11) is 0. The number of benzene rings is 1. The first-order valence-electron chi connectivity index (χ1n) is 7.17. The number of rotatable bonds is 4. The van der Waals surface area contributed by atoms with Crippen molar-refractivity contribution in [2.24, 2.45) is 11.7 Å². The van der Waals surface area contributed by atoms with Crippen LogP contribution in [0.1, 0.15) is 42.4 Å². The van der Waals surface area contributed by atoms with Crippen LogP contribution in [0.2, 0.25) is 0 Å². The van der Waals surface area contributed by atoms with Crippen molar-refractivity contribution in [1.82, 2.24) is 5.32 Å². The fourth-order valence-electron chi connectivity index (χ4n) is 3.08. The highest BCUT2D eigenvalue weighted by molar-refractivity contribution is 5.77. The summed E-state index contributed by atoms with van der Waals surface area (Å²) >= 11 is 0. The number of nitrogens with two attached hydrogens (primary N) is 1. The van der Waals surface area contributed by atoms with Gasteiger partial charge in [0, 0.05) is 12.6 Å². The number of nitrogens with one attached hydrogen (secondary N) is 1. The lowest BCUT2D eigenvalue weighted by atomic mass is 9.84. The maximum absolute atomic E-state index is 11.5. The van der Waals surface area contributed by atoms with E-state index < -0.39 is 0 Å². The Balaban J connectivity index is 2.02. The number of primary amides is 1. The van der Waals surface area contributed by atoms with Gasteiger partial charge in [0.1, 0.15) is 0 Å². The zero-order chi connectivity index (χ0) is 13.8. The molecule has 1 fully saturated rings. The van der Waals surface area contributed by atoms with Crippen LogP contribution < -0.4 is 11.1 Å². The Morgan fingerprint density at radius 1 is 1.26 bits per heavy atom. The standard InChI is InChI=1S/C16H24N2O/c1-11-6-5-7-12(2)14(11)10-18-15-9-4-3-8-13(15)16(17)19/h5-7,13,15,18H,3-4,8-10H2,1-2H3,(H2,17,19)/t13-,15+/m0/s1. The SMILES string of the molecule is Cc1cccc(C)c1CN[C@@H]1CCCC[C@@H]1C(N)=O. The molecule has 1 aromatic rings. The third kappa shape index (κ3) is 3.35. The second kappa shape index (κ2) is 6.20. The molecule has 1 aromatic carbocycles. The lowest BCUT2D eigenvalue weighted by molar-refractivity contribution is -0.123. The topological polar surface area (TPSA) is 55.1 Å². The highest BCUT2D eigenvalue weighted by Crippen LogP contribution is 2.25. The molecule has 1 aliphatic rings. The van der Waals surface area contributed by atoms with Gasteiger partial charge in [0.15, 0.2) is 0 Å². The molecule has 1 amide bonds. The highest BCUT2D eigenvalue weighted by Gasteiger charge is 2.28. The Kier molecular flexibility index (Phi) is 4.59. The molecular weight excluding hydrogens is 236 g/mol. The van der Waals surface area contributed by atoms with Crippen LogP contribution in [0.5, 0.6) is 0 Å². The first-order valence-corrected chi connectivity index (χ1v) is 7.17. The van der Waals surface area contributed by atoms with Gasteiger partial charge in [0.2, 0.25) is 5.91 Å². The molecule has 1 saturated carbocycles. The van der Waals surface area contributed by atoms with Crippen LogP contribution in [-0.2, 0) is 11.3 Å². The van der Waals surface area contributed by atoms with Crippen molar-refractivity contribution in [2.75, 3.05) is 0 Å². The van der Waals surface area contributed by atoms with E-state index in [9.17, 15) is 4.79 Å². The van der Waals surface area contributed by atoms with Crippen LogP contribution >= 0.6 is 0 Å². The van der Waals surface area contributed by atoms with Gasteiger partial charge in [-0.25, -0.2) is 0 Å². The normalized spacial score (nSPS) is 23.3. The van der Waals surface area contributed by atoms with E-state index in [0.717, 1.165) is 25.8 Å². The summed E-state index contributed by atoms with van der Waals surface area (Å²) in [4.78, 5) is 11.5. The number of carbonyl (C=O) groups is 1. The zero-order valence-corrected chi connectivity index (χ0v) is 11.9. The summed E-state index contributed by atoms with van der Waals surface area (Å²) in [5, 5.41) is 3.55. The van der Waals surface area contributed by atoms with Crippen molar-refractivity contribution < 1.29 is 4.79 Å². The molecule has 3 N–H and O–H groups in total. The smallest absolute Gasteiger partial charge is 0.222 e. The minimum Gasteiger partial charge on any atom is -0.369 e. The van der Waals surface area contributed by atoms with Crippen molar-refractivity contribution in [1.29, 1.82) is 0 Å². The minimum absolute atomic E-state index is 0.00178. The number of hydrogen-bond acceptors (Lipinski definition) is 2. The fourth-order valence-corrected chi connectivity index (χ4v) is 3.08. The Bertz CT molecular complexity index is 436. The van der Waals surface area contributed by atoms with Crippen LogP contribution in [0.15, 0.2) is 18.2 Å². The lowest BCUT2D eigenvalue weighted by Gasteiger charge is -2.30. The van der Waals surface area contributed by atoms with Gasteiger partial charge in [0.05, 0.1) is 5.92 Å². The van der Waals surface area contributed by atoms with Gasteiger partial charge >= 0.3 is 0 Å². The van der Waals surface area contributed by atoms with Crippen molar-refractivity contribution in [3.63, 3.8) is 0 Å². The molecule has 3 heteroatoms. The van der Waals surface area contributed by atoms with Gasteiger partial charge in [-0.3, -0.25) is 4.79 Å². The van der Waals surface area contributed by atoms with Gasteiger partial charge in [-0.05, 0) is 43.4 Å². The van der Waals surface area contributed by atoms with E-state index in [1.165, 1.54) is 23.1 Å². The Morgan fingerprint density at radius 2 is 1.89 bits per heavy atom. The molecule has 0 unspecified atom stereocenters. The number of aryl methyl sites for hydroxylation is 2. The first kappa shape index (κ1) is 14.1. The van der Waals surface area contributed by atoms with E-state index >= 15 is 0 Å². The minimum atomic E-state index is -0.154. The van der Waals surface area contributed by atoms with Gasteiger partial charge in [-0.15, -0.1) is 0 Å². The van der Waals surface area contributed by atoms with E-state index in [1.54, 1.807) is 0 Å². The third-order valence-corrected chi connectivity index (χ3v) is 4.32. The molecule has 0 bridgehead atoms. The molecule has 3 nitrogen and oxygen atoms in total. The second-order valence-corrected chi connectivity index (χ2v) is 5.65. The molecule has 104 valence electrons. The monoisotopic (exact) mass is 260 g/mol. The molecule has 0 heterocycles. The molecule has 0 aromatic heterocycles. The predicted molar refractivity (Wildman–Crippen MR) is 77.7 cm³/mol. The maximum atomic E-state index is 11.5. The van der Waals surface area contributed by atoms with E-state index in [0.29, 0.717) is 0 Å². The van der Waals surface area contributed by atoms with Crippen molar-refractivity contribution in [3.8, 4) is 0 Å². The quantitative estimate of drug-likeness (QED) is 0.873. The van der Waals surface area contributed by atoms with Gasteiger partial charge in [-0.2, -0.15) is 0 Å². The maximum Gasteiger partial charge on any atom is 0.222 e. The average Bonchev–Trinajstić information content (AvgIpc) is 2.38. The van der Waals surface area contributed by atoms with E-state index in [1.807, 2.05) is 0 Å². The molecule has 2 atom stereocenters. The lowest BCUT2D eigenvalue weighted by Crippen LogP contribution is -2.44. The van der Waals surface area contributed by atoms with Gasteiger partial charge < -0.3 is 11.1 Å². The van der Waals surface area contributed by atoms with E-state index in [2.05, 4.69) is 37.4 Å². The summed E-state index contributed by atoms with van der Waals surface area (Å²) < 4.78 is 0. The average molecular weight is 260 g/mol. The molecule has 1 aliphatic carbocycles. The predicted octanol–water partition coefficient (Wildman–Crippen LogP) is 2.44. The van der Waals surface area contributed by atoms with Crippen molar-refractivity contribution >= 4 is 5.91 Å². The largest absolute Gasteiger partial charge is 0.369 e. The van der Waals surface area contributed by atoms with Crippen LogP contribution in [0, 0.1) is 19.8 Å². The summed E-state index contributed by atoms with van der Waals surface area (Å²) in [6, 6.07) is 6.60. The highest BCUT2D eigenvalue weighted by atomic mass is 16.1. The molecule has 19 heavy (non-hydrogen) atoms. The van der Waals surface area contributed by atoms with Gasteiger partial charge in [-0.1, -0.05) is 31.0 Å². The third-order valence-electron chi connectivity index (χ3n) is 4.32. The molecule has 0 radical (unpaired) electrons. The molecule has 0 aliphatic heterocycles. The van der Waals surface area contributed by atoms with Crippen molar-refractivity contribution in [2.45, 2.75) is 52.1 Å². The molecule has 2 rings (SSSR count). The first-order chi connectivity index (χ1) is 9.09. The fraction of sp³-hybridized carbons (Fsp3) is 0.562. The molecular formula is C16H24N2O. The van der Waals surface area contributed by atoms with Crippen molar-refractivity contribution in [3.05, 3.63) is 34.9 Å².